The van der Waals surface area contributed by atoms with E-state index in [-0.39, 0.29) is 12.2 Å². The number of hydrogen-bond donors (Lipinski definition) is 0. The van der Waals surface area contributed by atoms with E-state index in [2.05, 4.69) is 0 Å². The van der Waals surface area contributed by atoms with Gasteiger partial charge in [0.25, 0.3) is 11.6 Å². The molecule has 7 heteroatoms. The molecule has 0 heterocycles. The van der Waals surface area contributed by atoms with E-state index in [1.54, 1.807) is 6.07 Å². The summed E-state index contributed by atoms with van der Waals surface area (Å²) in [5.41, 5.74) is 0.416. The maximum Gasteiger partial charge on any atom is 0.329 e. The molecule has 0 aromatic heterocycles. The summed E-state index contributed by atoms with van der Waals surface area (Å²) >= 11 is 0. The number of hydroxylamine groups is 2. The van der Waals surface area contributed by atoms with Crippen molar-refractivity contribution >= 4 is 17.6 Å². The zero-order valence-electron chi connectivity index (χ0n) is 9.95. The highest BCUT2D eigenvalue weighted by atomic mass is 16.7. The van der Waals surface area contributed by atoms with Crippen LogP contribution in [0.15, 0.2) is 24.3 Å². The Morgan fingerprint density at radius 3 is 2.56 bits per heavy atom. The summed E-state index contributed by atoms with van der Waals surface area (Å²) in [7, 11) is 0. The third-order valence-electron chi connectivity index (χ3n) is 2.04. The lowest BCUT2D eigenvalue weighted by Crippen LogP contribution is -2.30. The number of nitro groups is 1. The number of amides is 1. The van der Waals surface area contributed by atoms with E-state index in [0.717, 1.165) is 5.06 Å². The normalized spacial score (nSPS) is 9.67. The summed E-state index contributed by atoms with van der Waals surface area (Å²) in [6.07, 6.45) is 0. The van der Waals surface area contributed by atoms with Crippen LogP contribution in [0.2, 0.25) is 0 Å². The first-order chi connectivity index (χ1) is 8.40. The van der Waals surface area contributed by atoms with Gasteiger partial charge in [0, 0.05) is 26.0 Å². The van der Waals surface area contributed by atoms with Crippen molar-refractivity contribution in [2.75, 3.05) is 0 Å². The van der Waals surface area contributed by atoms with Gasteiger partial charge < -0.3 is 4.84 Å². The Kier molecular flexibility index (Phi) is 4.36. The van der Waals surface area contributed by atoms with Gasteiger partial charge >= 0.3 is 5.97 Å². The molecule has 0 N–H and O–H groups in total. The molecule has 0 saturated heterocycles. The van der Waals surface area contributed by atoms with E-state index < -0.39 is 16.8 Å². The van der Waals surface area contributed by atoms with Crippen molar-refractivity contribution in [2.24, 2.45) is 0 Å². The minimum absolute atomic E-state index is 0.0312. The van der Waals surface area contributed by atoms with Crippen LogP contribution < -0.4 is 0 Å². The maximum atomic E-state index is 11.2. The molecule has 1 aromatic carbocycles. The second-order valence-corrected chi connectivity index (χ2v) is 3.57. The number of carbonyl (C=O) groups excluding carboxylic acids is 2. The highest BCUT2D eigenvalue weighted by Crippen LogP contribution is 2.15. The summed E-state index contributed by atoms with van der Waals surface area (Å²) in [4.78, 5) is 36.8. The monoisotopic (exact) mass is 252 g/mol. The molecule has 0 spiro atoms. The highest BCUT2D eigenvalue weighted by molar-refractivity contribution is 5.75. The molecule has 0 bridgehead atoms. The average molecular weight is 252 g/mol. The summed E-state index contributed by atoms with van der Waals surface area (Å²) in [6, 6.07) is 5.76. The molecule has 0 saturated carbocycles. The van der Waals surface area contributed by atoms with Crippen molar-refractivity contribution in [1.29, 1.82) is 0 Å². The topological polar surface area (TPSA) is 89.8 Å². The molecule has 0 radical (unpaired) electrons. The quantitative estimate of drug-likeness (QED) is 0.599. The minimum Gasteiger partial charge on any atom is -0.338 e. The van der Waals surface area contributed by atoms with Crippen molar-refractivity contribution < 1.29 is 19.3 Å². The van der Waals surface area contributed by atoms with Gasteiger partial charge in [0.05, 0.1) is 11.5 Å². The SMILES string of the molecule is CC(=O)ON(Cc1cccc([N+](=O)[O-])c1)C(C)=O. The first-order valence-corrected chi connectivity index (χ1v) is 5.10. The fourth-order valence-electron chi connectivity index (χ4n) is 1.30. The standard InChI is InChI=1S/C11H12N2O5/c1-8(14)12(18-9(2)15)7-10-4-3-5-11(6-10)13(16)17/h3-6H,7H2,1-2H3. The number of carbonyl (C=O) groups is 2. The summed E-state index contributed by atoms with van der Waals surface area (Å²) in [5.74, 6) is -1.09. The predicted octanol–water partition coefficient (Wildman–Crippen LogP) is 1.42. The van der Waals surface area contributed by atoms with Gasteiger partial charge in [0.15, 0.2) is 0 Å². The van der Waals surface area contributed by atoms with Crippen molar-refractivity contribution in [3.63, 3.8) is 0 Å². The van der Waals surface area contributed by atoms with Gasteiger partial charge in [-0.3, -0.25) is 19.7 Å². The first-order valence-electron chi connectivity index (χ1n) is 5.10. The molecule has 0 aliphatic heterocycles. The Hall–Kier alpha value is -2.44. The second kappa shape index (κ2) is 5.76. The first kappa shape index (κ1) is 13.6. The van der Waals surface area contributed by atoms with E-state index in [1.807, 2.05) is 0 Å². The maximum absolute atomic E-state index is 11.2. The van der Waals surface area contributed by atoms with Crippen molar-refractivity contribution in [1.82, 2.24) is 5.06 Å². The summed E-state index contributed by atoms with van der Waals surface area (Å²) in [6.45, 7) is 2.38. The van der Waals surface area contributed by atoms with E-state index in [0.29, 0.717) is 5.56 Å². The molecule has 1 amide bonds. The molecular weight excluding hydrogens is 240 g/mol. The summed E-state index contributed by atoms with van der Waals surface area (Å²) < 4.78 is 0. The van der Waals surface area contributed by atoms with Crippen molar-refractivity contribution in [3.8, 4) is 0 Å². The molecule has 0 fully saturated rings. The van der Waals surface area contributed by atoms with Crippen LogP contribution in [0.1, 0.15) is 19.4 Å². The van der Waals surface area contributed by atoms with Crippen LogP contribution in [0, 0.1) is 10.1 Å². The Bertz CT molecular complexity index is 486. The molecule has 7 nitrogen and oxygen atoms in total. The minimum atomic E-state index is -0.629. The lowest BCUT2D eigenvalue weighted by atomic mass is 10.2. The van der Waals surface area contributed by atoms with Gasteiger partial charge in [-0.15, -0.1) is 0 Å². The van der Waals surface area contributed by atoms with Gasteiger partial charge in [0.1, 0.15) is 0 Å². The molecule has 0 aliphatic carbocycles. The molecule has 0 aliphatic rings. The Morgan fingerprint density at radius 2 is 2.06 bits per heavy atom. The average Bonchev–Trinajstić information content (AvgIpc) is 2.27. The van der Waals surface area contributed by atoms with Gasteiger partial charge in [-0.1, -0.05) is 12.1 Å². The molecular formula is C11H12N2O5. The van der Waals surface area contributed by atoms with Crippen LogP contribution in [0.4, 0.5) is 5.69 Å². The third kappa shape index (κ3) is 3.85. The molecule has 0 atom stereocenters. The van der Waals surface area contributed by atoms with Gasteiger partial charge in [-0.2, -0.15) is 5.06 Å². The largest absolute Gasteiger partial charge is 0.338 e. The van der Waals surface area contributed by atoms with Crippen LogP contribution in [0.25, 0.3) is 0 Å². The lowest BCUT2D eigenvalue weighted by molar-refractivity contribution is -0.384. The van der Waals surface area contributed by atoms with Crippen LogP contribution in [0.3, 0.4) is 0 Å². The smallest absolute Gasteiger partial charge is 0.329 e. The summed E-state index contributed by atoms with van der Waals surface area (Å²) in [5, 5.41) is 11.4. The van der Waals surface area contributed by atoms with E-state index in [1.165, 1.54) is 32.0 Å². The van der Waals surface area contributed by atoms with Gasteiger partial charge in [-0.05, 0) is 5.56 Å². The lowest BCUT2D eigenvalue weighted by Gasteiger charge is -2.18. The van der Waals surface area contributed by atoms with E-state index >= 15 is 0 Å². The van der Waals surface area contributed by atoms with Crippen LogP contribution >= 0.6 is 0 Å². The molecule has 1 rings (SSSR count). The third-order valence-corrected chi connectivity index (χ3v) is 2.04. The number of nitro benzene ring substituents is 1. The fourth-order valence-corrected chi connectivity index (χ4v) is 1.30. The fraction of sp³-hybridized carbons (Fsp3) is 0.273. The molecule has 1 aromatic rings. The number of non-ortho nitro benzene ring substituents is 1. The van der Waals surface area contributed by atoms with Crippen molar-refractivity contribution in [3.05, 3.63) is 39.9 Å². The Balaban J connectivity index is 2.86. The molecule has 0 unspecified atom stereocenters. The van der Waals surface area contributed by atoms with E-state index in [9.17, 15) is 19.7 Å². The number of benzene rings is 1. The zero-order valence-corrected chi connectivity index (χ0v) is 9.95. The number of rotatable bonds is 3. The Morgan fingerprint density at radius 1 is 1.39 bits per heavy atom. The highest BCUT2D eigenvalue weighted by Gasteiger charge is 2.14. The van der Waals surface area contributed by atoms with Crippen LogP contribution in [0.5, 0.6) is 0 Å². The molecule has 18 heavy (non-hydrogen) atoms. The molecule has 96 valence electrons. The van der Waals surface area contributed by atoms with Crippen molar-refractivity contribution in [2.45, 2.75) is 20.4 Å². The predicted molar refractivity (Wildman–Crippen MR) is 61.1 cm³/mol. The number of hydrogen-bond acceptors (Lipinski definition) is 5. The second-order valence-electron chi connectivity index (χ2n) is 3.57. The van der Waals surface area contributed by atoms with Crippen LogP contribution in [-0.4, -0.2) is 21.9 Å². The zero-order chi connectivity index (χ0) is 13.7. The van der Waals surface area contributed by atoms with Gasteiger partial charge in [-0.25, -0.2) is 0 Å². The van der Waals surface area contributed by atoms with Gasteiger partial charge in [0.2, 0.25) is 0 Å². The Labute approximate surface area is 103 Å². The van der Waals surface area contributed by atoms with Crippen LogP contribution in [-0.2, 0) is 21.0 Å². The number of nitrogens with zero attached hydrogens (tertiary/aromatic N) is 2. The van der Waals surface area contributed by atoms with E-state index in [4.69, 9.17) is 4.84 Å².